The van der Waals surface area contributed by atoms with Gasteiger partial charge < -0.3 is 5.11 Å². The van der Waals surface area contributed by atoms with Crippen molar-refractivity contribution in [2.45, 2.75) is 13.8 Å². The Bertz CT molecular complexity index is 695. The summed E-state index contributed by atoms with van der Waals surface area (Å²) >= 11 is 0. The lowest BCUT2D eigenvalue weighted by Crippen LogP contribution is -2.04. The molecule has 0 spiro atoms. The maximum atomic E-state index is 12.3. The largest absolute Gasteiger partial charge is 0.507 e. The second-order valence-corrected chi connectivity index (χ2v) is 5.36. The van der Waals surface area contributed by atoms with Gasteiger partial charge in [-0.25, -0.2) is 0 Å². The molecule has 0 aliphatic carbocycles. The van der Waals surface area contributed by atoms with Gasteiger partial charge in [0.05, 0.1) is 0 Å². The Morgan fingerprint density at radius 1 is 0.864 bits per heavy atom. The van der Waals surface area contributed by atoms with E-state index < -0.39 is 0 Å². The van der Waals surface area contributed by atoms with Gasteiger partial charge in [0.25, 0.3) is 0 Å². The van der Waals surface area contributed by atoms with Gasteiger partial charge >= 0.3 is 0 Å². The molecule has 0 aromatic heterocycles. The van der Waals surface area contributed by atoms with Gasteiger partial charge in [-0.3, -0.25) is 9.59 Å². The van der Waals surface area contributed by atoms with Crippen molar-refractivity contribution in [2.24, 2.45) is 5.92 Å². The minimum absolute atomic E-state index is 0.0751. The van der Waals surface area contributed by atoms with Gasteiger partial charge in [-0.05, 0) is 0 Å². The number of aliphatic hydroxyl groups is 1. The van der Waals surface area contributed by atoms with Crippen LogP contribution >= 0.6 is 0 Å². The van der Waals surface area contributed by atoms with Crippen LogP contribution in [0.5, 0.6) is 0 Å². The Morgan fingerprint density at radius 3 is 1.91 bits per heavy atom. The summed E-state index contributed by atoms with van der Waals surface area (Å²) in [5, 5.41) is 9.94. The number of carbonyl (C=O) groups excluding carboxylic acids is 2. The van der Waals surface area contributed by atoms with Crippen molar-refractivity contribution >= 4 is 17.3 Å². The second kappa shape index (κ2) is 6.85. The summed E-state index contributed by atoms with van der Waals surface area (Å²) in [5.74, 6) is -0.464. The SMILES string of the molecule is CC(C)C(=O)/C=C(/O)c1ccc(C(=O)c2ccccc2)cc1. The second-order valence-electron chi connectivity index (χ2n) is 5.36. The minimum Gasteiger partial charge on any atom is -0.507 e. The molecule has 1 N–H and O–H groups in total. The van der Waals surface area contributed by atoms with Crippen LogP contribution in [0, 0.1) is 5.92 Å². The first-order valence-corrected chi connectivity index (χ1v) is 7.13. The van der Waals surface area contributed by atoms with E-state index in [1.807, 2.05) is 18.2 Å². The van der Waals surface area contributed by atoms with Gasteiger partial charge in [-0.2, -0.15) is 0 Å². The molecule has 0 saturated heterocycles. The smallest absolute Gasteiger partial charge is 0.193 e. The Labute approximate surface area is 129 Å². The predicted molar refractivity (Wildman–Crippen MR) is 86.8 cm³/mol. The van der Waals surface area contributed by atoms with Crippen LogP contribution < -0.4 is 0 Å². The average Bonchev–Trinajstić information content (AvgIpc) is 2.55. The number of hydrogen-bond donors (Lipinski definition) is 1. The topological polar surface area (TPSA) is 54.4 Å². The molecule has 0 heterocycles. The summed E-state index contributed by atoms with van der Waals surface area (Å²) in [4.78, 5) is 23.9. The minimum atomic E-state index is -0.166. The van der Waals surface area contributed by atoms with Crippen LogP contribution in [0.25, 0.3) is 5.76 Å². The standard InChI is InChI=1S/C19H18O3/c1-13(2)17(20)12-18(21)14-8-10-16(11-9-14)19(22)15-6-4-3-5-7-15/h3-13,21H,1-2H3/b18-12+. The summed E-state index contributed by atoms with van der Waals surface area (Å²) in [5.41, 5.74) is 1.67. The van der Waals surface area contributed by atoms with E-state index in [0.29, 0.717) is 16.7 Å². The number of hydrogen-bond acceptors (Lipinski definition) is 3. The number of rotatable bonds is 5. The molecule has 0 amide bonds. The van der Waals surface area contributed by atoms with E-state index in [2.05, 4.69) is 0 Å². The molecule has 0 aliphatic heterocycles. The molecule has 0 saturated carbocycles. The molecule has 0 fully saturated rings. The Hall–Kier alpha value is -2.68. The highest BCUT2D eigenvalue weighted by Gasteiger charge is 2.10. The zero-order valence-corrected chi connectivity index (χ0v) is 12.6. The third-order valence-electron chi connectivity index (χ3n) is 3.33. The number of carbonyl (C=O) groups is 2. The van der Waals surface area contributed by atoms with E-state index in [9.17, 15) is 14.7 Å². The summed E-state index contributed by atoms with van der Waals surface area (Å²) in [6.07, 6.45) is 1.22. The van der Waals surface area contributed by atoms with Crippen molar-refractivity contribution in [3.8, 4) is 0 Å². The highest BCUT2D eigenvalue weighted by Crippen LogP contribution is 2.16. The zero-order chi connectivity index (χ0) is 16.1. The first-order valence-electron chi connectivity index (χ1n) is 7.13. The van der Waals surface area contributed by atoms with Crippen molar-refractivity contribution in [1.29, 1.82) is 0 Å². The van der Waals surface area contributed by atoms with E-state index in [1.54, 1.807) is 50.2 Å². The van der Waals surface area contributed by atoms with Crippen LogP contribution in [0.4, 0.5) is 0 Å². The highest BCUT2D eigenvalue weighted by molar-refractivity contribution is 6.09. The number of aliphatic hydroxyl groups excluding tert-OH is 1. The molecule has 112 valence electrons. The van der Waals surface area contributed by atoms with Crippen LogP contribution in [0.2, 0.25) is 0 Å². The first-order chi connectivity index (χ1) is 10.5. The van der Waals surface area contributed by atoms with E-state index in [1.165, 1.54) is 6.08 Å². The van der Waals surface area contributed by atoms with Gasteiger partial charge in [0.15, 0.2) is 11.6 Å². The van der Waals surface area contributed by atoms with E-state index in [-0.39, 0.29) is 23.2 Å². The van der Waals surface area contributed by atoms with Crippen LogP contribution in [0.1, 0.15) is 35.3 Å². The zero-order valence-electron chi connectivity index (χ0n) is 12.6. The molecule has 2 aromatic rings. The molecule has 3 heteroatoms. The monoisotopic (exact) mass is 294 g/mol. The molecule has 2 aromatic carbocycles. The molecular weight excluding hydrogens is 276 g/mol. The average molecular weight is 294 g/mol. The maximum absolute atomic E-state index is 12.3. The van der Waals surface area contributed by atoms with Crippen LogP contribution in [0.15, 0.2) is 60.7 Å². The summed E-state index contributed by atoms with van der Waals surface area (Å²) < 4.78 is 0. The molecule has 0 unspecified atom stereocenters. The quantitative estimate of drug-likeness (QED) is 0.514. The maximum Gasteiger partial charge on any atom is 0.193 e. The van der Waals surface area contributed by atoms with Gasteiger partial charge in [0, 0.05) is 28.7 Å². The normalized spacial score (nSPS) is 11.5. The summed E-state index contributed by atoms with van der Waals surface area (Å²) in [6.45, 7) is 3.54. The Morgan fingerprint density at radius 2 is 1.36 bits per heavy atom. The van der Waals surface area contributed by atoms with Gasteiger partial charge in [-0.1, -0.05) is 68.4 Å². The molecule has 22 heavy (non-hydrogen) atoms. The number of allylic oxidation sites excluding steroid dienone is 1. The van der Waals surface area contributed by atoms with Crippen molar-refractivity contribution < 1.29 is 14.7 Å². The van der Waals surface area contributed by atoms with Crippen molar-refractivity contribution in [1.82, 2.24) is 0 Å². The van der Waals surface area contributed by atoms with Gasteiger partial charge in [0.1, 0.15) is 5.76 Å². The number of ketones is 2. The lowest BCUT2D eigenvalue weighted by Gasteiger charge is -2.04. The van der Waals surface area contributed by atoms with Crippen LogP contribution in [-0.2, 0) is 4.79 Å². The fourth-order valence-corrected chi connectivity index (χ4v) is 1.93. The first kappa shape index (κ1) is 15.7. The highest BCUT2D eigenvalue weighted by atomic mass is 16.3. The molecule has 0 atom stereocenters. The van der Waals surface area contributed by atoms with E-state index >= 15 is 0 Å². The predicted octanol–water partition coefficient (Wildman–Crippen LogP) is 4.04. The molecular formula is C19H18O3. The summed E-state index contributed by atoms with van der Waals surface area (Å²) in [7, 11) is 0. The number of benzene rings is 2. The lowest BCUT2D eigenvalue weighted by molar-refractivity contribution is -0.117. The van der Waals surface area contributed by atoms with E-state index in [0.717, 1.165) is 0 Å². The van der Waals surface area contributed by atoms with Crippen molar-refractivity contribution in [3.63, 3.8) is 0 Å². The molecule has 2 rings (SSSR count). The summed E-state index contributed by atoms with van der Waals surface area (Å²) in [6, 6.07) is 15.6. The van der Waals surface area contributed by atoms with Crippen LogP contribution in [-0.4, -0.2) is 16.7 Å². The lowest BCUT2D eigenvalue weighted by atomic mass is 10.0. The van der Waals surface area contributed by atoms with Crippen LogP contribution in [0.3, 0.4) is 0 Å². The Balaban J connectivity index is 2.21. The third kappa shape index (κ3) is 3.70. The molecule has 3 nitrogen and oxygen atoms in total. The van der Waals surface area contributed by atoms with Gasteiger partial charge in [-0.15, -0.1) is 0 Å². The van der Waals surface area contributed by atoms with Crippen molar-refractivity contribution in [2.75, 3.05) is 0 Å². The molecule has 0 aliphatic rings. The Kier molecular flexibility index (Phi) is 4.89. The van der Waals surface area contributed by atoms with Gasteiger partial charge in [0.2, 0.25) is 0 Å². The fraction of sp³-hybridized carbons (Fsp3) is 0.158. The van der Waals surface area contributed by atoms with E-state index in [4.69, 9.17) is 0 Å². The third-order valence-corrected chi connectivity index (χ3v) is 3.33. The molecule has 0 radical (unpaired) electrons. The fourth-order valence-electron chi connectivity index (χ4n) is 1.93. The molecule has 0 bridgehead atoms. The van der Waals surface area contributed by atoms with Crippen molar-refractivity contribution in [3.05, 3.63) is 77.4 Å².